The number of fused-ring (bicyclic) bond motifs is 2. The predicted octanol–water partition coefficient (Wildman–Crippen LogP) is 3.26. The molecule has 0 amide bonds. The van der Waals surface area contributed by atoms with Gasteiger partial charge in [0.05, 0.1) is 6.20 Å². The Morgan fingerprint density at radius 2 is 1.81 bits per heavy atom. The molecule has 2 aromatic carbocycles. The van der Waals surface area contributed by atoms with E-state index in [2.05, 4.69) is 10.1 Å². The Kier molecular flexibility index (Phi) is 2.50. The fraction of sp³-hybridized carbons (Fsp3) is 0. The van der Waals surface area contributed by atoms with Crippen LogP contribution >= 0.6 is 0 Å². The number of nitrogens with two attached hydrogens (primary N) is 1. The van der Waals surface area contributed by atoms with Crippen molar-refractivity contribution in [3.05, 3.63) is 61.1 Å². The number of hydrogen-bond acceptors (Lipinski definition) is 4. The Morgan fingerprint density at radius 3 is 2.71 bits per heavy atom. The molecule has 0 unspecified atom stereocenters. The quantitative estimate of drug-likeness (QED) is 0.571. The highest BCUT2D eigenvalue weighted by Crippen LogP contribution is 2.33. The number of anilines is 1. The molecule has 2 N–H and O–H groups in total. The van der Waals surface area contributed by atoms with Gasteiger partial charge < -0.3 is 10.5 Å². The van der Waals surface area contributed by atoms with E-state index in [4.69, 9.17) is 10.5 Å². The summed E-state index contributed by atoms with van der Waals surface area (Å²) in [5.74, 6) is 1.24. The zero-order valence-electron chi connectivity index (χ0n) is 11.1. The van der Waals surface area contributed by atoms with Gasteiger partial charge in [-0.2, -0.15) is 5.10 Å². The SMILES string of the molecule is Nc1ccc(Oc2nccn3nccc23)c2ccccc12. The van der Waals surface area contributed by atoms with Crippen LogP contribution in [0.1, 0.15) is 0 Å². The first-order valence-corrected chi connectivity index (χ1v) is 6.56. The molecule has 2 heterocycles. The van der Waals surface area contributed by atoms with Gasteiger partial charge in [-0.05, 0) is 18.2 Å². The van der Waals surface area contributed by atoms with Gasteiger partial charge in [0, 0.05) is 28.9 Å². The molecule has 21 heavy (non-hydrogen) atoms. The van der Waals surface area contributed by atoms with Gasteiger partial charge in [-0.1, -0.05) is 24.3 Å². The lowest BCUT2D eigenvalue weighted by atomic mass is 10.1. The van der Waals surface area contributed by atoms with Crippen LogP contribution in [0.3, 0.4) is 0 Å². The number of ether oxygens (including phenoxy) is 1. The molecule has 0 fully saturated rings. The van der Waals surface area contributed by atoms with E-state index < -0.39 is 0 Å². The van der Waals surface area contributed by atoms with Gasteiger partial charge in [0.1, 0.15) is 11.3 Å². The summed E-state index contributed by atoms with van der Waals surface area (Å²) in [4.78, 5) is 4.29. The van der Waals surface area contributed by atoms with Crippen molar-refractivity contribution in [1.29, 1.82) is 0 Å². The topological polar surface area (TPSA) is 65.4 Å². The minimum absolute atomic E-state index is 0.518. The zero-order valence-corrected chi connectivity index (χ0v) is 11.1. The van der Waals surface area contributed by atoms with Crippen molar-refractivity contribution in [2.45, 2.75) is 0 Å². The summed E-state index contributed by atoms with van der Waals surface area (Å²) >= 11 is 0. The van der Waals surface area contributed by atoms with Crippen LogP contribution in [0.25, 0.3) is 16.3 Å². The van der Waals surface area contributed by atoms with Crippen molar-refractivity contribution in [1.82, 2.24) is 14.6 Å². The van der Waals surface area contributed by atoms with Gasteiger partial charge in [-0.25, -0.2) is 9.50 Å². The first-order chi connectivity index (χ1) is 10.3. The van der Waals surface area contributed by atoms with E-state index in [1.54, 1.807) is 23.1 Å². The molecule has 5 heteroatoms. The summed E-state index contributed by atoms with van der Waals surface area (Å²) in [6.07, 6.45) is 5.16. The average molecular weight is 276 g/mol. The number of benzene rings is 2. The number of aromatic nitrogens is 3. The molecule has 4 aromatic rings. The van der Waals surface area contributed by atoms with E-state index in [-0.39, 0.29) is 0 Å². The second-order valence-corrected chi connectivity index (χ2v) is 4.69. The summed E-state index contributed by atoms with van der Waals surface area (Å²) in [5.41, 5.74) is 7.56. The van der Waals surface area contributed by atoms with Crippen molar-refractivity contribution in [3.63, 3.8) is 0 Å². The molecule has 0 aliphatic carbocycles. The van der Waals surface area contributed by atoms with Crippen LogP contribution in [0.5, 0.6) is 11.6 Å². The number of rotatable bonds is 2. The maximum Gasteiger partial charge on any atom is 0.245 e. The molecule has 0 aliphatic rings. The minimum atomic E-state index is 0.518. The van der Waals surface area contributed by atoms with Crippen LogP contribution in [-0.2, 0) is 0 Å². The lowest BCUT2D eigenvalue weighted by molar-refractivity contribution is 0.471. The van der Waals surface area contributed by atoms with Gasteiger partial charge >= 0.3 is 0 Å². The van der Waals surface area contributed by atoms with Crippen molar-refractivity contribution >= 4 is 22.0 Å². The molecule has 0 bridgehead atoms. The van der Waals surface area contributed by atoms with Crippen LogP contribution in [0.2, 0.25) is 0 Å². The molecule has 0 saturated heterocycles. The highest BCUT2D eigenvalue weighted by Gasteiger charge is 2.09. The first kappa shape index (κ1) is 11.7. The summed E-state index contributed by atoms with van der Waals surface area (Å²) in [6.45, 7) is 0. The van der Waals surface area contributed by atoms with Crippen LogP contribution in [0.4, 0.5) is 5.69 Å². The van der Waals surface area contributed by atoms with E-state index in [1.165, 1.54) is 0 Å². The second-order valence-electron chi connectivity index (χ2n) is 4.69. The van der Waals surface area contributed by atoms with Gasteiger partial charge in [-0.3, -0.25) is 0 Å². The van der Waals surface area contributed by atoms with Crippen LogP contribution in [-0.4, -0.2) is 14.6 Å². The number of nitrogen functional groups attached to an aromatic ring is 1. The van der Waals surface area contributed by atoms with E-state index in [1.807, 2.05) is 42.5 Å². The molecular weight excluding hydrogens is 264 g/mol. The Bertz CT molecular complexity index is 945. The fourth-order valence-corrected chi connectivity index (χ4v) is 2.40. The lowest BCUT2D eigenvalue weighted by Crippen LogP contribution is -1.95. The molecule has 0 spiro atoms. The van der Waals surface area contributed by atoms with E-state index >= 15 is 0 Å². The molecular formula is C16H12N4O. The number of hydrogen-bond donors (Lipinski definition) is 1. The van der Waals surface area contributed by atoms with Crippen LogP contribution < -0.4 is 10.5 Å². The van der Waals surface area contributed by atoms with Gasteiger partial charge in [0.2, 0.25) is 5.88 Å². The first-order valence-electron chi connectivity index (χ1n) is 6.56. The van der Waals surface area contributed by atoms with Gasteiger partial charge in [0.15, 0.2) is 0 Å². The molecule has 5 nitrogen and oxygen atoms in total. The Balaban J connectivity index is 1.88. The molecule has 0 radical (unpaired) electrons. The maximum atomic E-state index is 6.01. The monoisotopic (exact) mass is 276 g/mol. The zero-order chi connectivity index (χ0) is 14.2. The van der Waals surface area contributed by atoms with E-state index in [9.17, 15) is 0 Å². The molecule has 0 aliphatic heterocycles. The summed E-state index contributed by atoms with van der Waals surface area (Å²) in [7, 11) is 0. The summed E-state index contributed by atoms with van der Waals surface area (Å²) < 4.78 is 7.71. The fourth-order valence-electron chi connectivity index (χ4n) is 2.40. The molecule has 102 valence electrons. The third kappa shape index (κ3) is 1.87. The second kappa shape index (κ2) is 4.49. The normalized spacial score (nSPS) is 11.0. The van der Waals surface area contributed by atoms with Crippen LogP contribution in [0.15, 0.2) is 61.1 Å². The molecule has 0 atom stereocenters. The predicted molar refractivity (Wildman–Crippen MR) is 81.4 cm³/mol. The Hall–Kier alpha value is -3.08. The highest BCUT2D eigenvalue weighted by molar-refractivity contribution is 5.97. The molecule has 4 rings (SSSR count). The maximum absolute atomic E-state index is 6.01. The lowest BCUT2D eigenvalue weighted by Gasteiger charge is -2.10. The van der Waals surface area contributed by atoms with Crippen molar-refractivity contribution in [2.75, 3.05) is 5.73 Å². The van der Waals surface area contributed by atoms with Gasteiger partial charge in [0.25, 0.3) is 0 Å². The van der Waals surface area contributed by atoms with E-state index in [0.29, 0.717) is 5.88 Å². The van der Waals surface area contributed by atoms with Gasteiger partial charge in [-0.15, -0.1) is 0 Å². The Morgan fingerprint density at radius 1 is 0.952 bits per heavy atom. The highest BCUT2D eigenvalue weighted by atomic mass is 16.5. The number of nitrogens with zero attached hydrogens (tertiary/aromatic N) is 3. The minimum Gasteiger partial charge on any atom is -0.436 e. The summed E-state index contributed by atoms with van der Waals surface area (Å²) in [5, 5.41) is 6.10. The van der Waals surface area contributed by atoms with Crippen molar-refractivity contribution < 1.29 is 4.74 Å². The Labute approximate surface area is 120 Å². The van der Waals surface area contributed by atoms with Crippen molar-refractivity contribution in [3.8, 4) is 11.6 Å². The summed E-state index contributed by atoms with van der Waals surface area (Å²) in [6, 6.07) is 13.4. The van der Waals surface area contributed by atoms with Crippen molar-refractivity contribution in [2.24, 2.45) is 0 Å². The molecule has 0 saturated carbocycles. The van der Waals surface area contributed by atoms with Crippen LogP contribution in [0, 0.1) is 0 Å². The third-order valence-electron chi connectivity index (χ3n) is 3.41. The smallest absolute Gasteiger partial charge is 0.245 e. The average Bonchev–Trinajstić information content (AvgIpc) is 3.00. The standard InChI is InChI=1S/C16H12N4O/c17-13-5-6-15(12-4-2-1-3-11(12)13)21-16-14-7-8-19-20(14)10-9-18-16/h1-10H,17H2. The largest absolute Gasteiger partial charge is 0.436 e. The van der Waals surface area contributed by atoms with E-state index in [0.717, 1.165) is 27.7 Å². The molecule has 2 aromatic heterocycles. The third-order valence-corrected chi connectivity index (χ3v) is 3.41.